The van der Waals surface area contributed by atoms with Crippen molar-refractivity contribution in [2.45, 2.75) is 59.5 Å². The first-order valence-electron chi connectivity index (χ1n) is 12.4. The molecular weight excluding hydrogens is 440 g/mol. The van der Waals surface area contributed by atoms with E-state index < -0.39 is 6.10 Å². The van der Waals surface area contributed by atoms with Gasteiger partial charge in [0.2, 0.25) is 5.91 Å². The van der Waals surface area contributed by atoms with Crippen LogP contribution in [0.5, 0.6) is 0 Å². The number of carbonyl (C=O) groups is 1. The zero-order valence-corrected chi connectivity index (χ0v) is 22.3. The highest BCUT2D eigenvalue weighted by Gasteiger charge is 2.18. The SMILES string of the molecule is C=C(N)/C(=C\C=C(/C)CC)C(=NCC1=CCC=CC=C1)N(CC)CCNC(=O)[C@H](O)CCC.CO. The van der Waals surface area contributed by atoms with Crippen LogP contribution >= 0.6 is 0 Å². The molecule has 35 heavy (non-hydrogen) atoms. The molecule has 1 atom stereocenters. The van der Waals surface area contributed by atoms with Crippen molar-refractivity contribution in [3.8, 4) is 0 Å². The van der Waals surface area contributed by atoms with Gasteiger partial charge in [-0.25, -0.2) is 0 Å². The Balaban J connectivity index is 0.00000562. The molecule has 0 saturated carbocycles. The molecule has 0 unspecified atom stereocenters. The molecule has 0 fully saturated rings. The zero-order valence-electron chi connectivity index (χ0n) is 22.3. The predicted molar refractivity (Wildman–Crippen MR) is 148 cm³/mol. The molecule has 0 aromatic carbocycles. The van der Waals surface area contributed by atoms with E-state index in [-0.39, 0.29) is 5.91 Å². The van der Waals surface area contributed by atoms with Gasteiger partial charge in [0.1, 0.15) is 11.9 Å². The second-order valence-corrected chi connectivity index (χ2v) is 8.09. The normalized spacial score (nSPS) is 14.9. The standard InChI is InChI=1S/C27H42N4O2.CH4O/c1-6-13-25(32)27(33)29-18-19-31(8-3)26(24(22(5)28)17-16-21(4)7-2)30-20-23-14-11-9-10-12-15-23;1-2/h9-11,14-17,25,32H,5-8,12-13,18-20,28H2,1-4H3,(H,29,33);2H,1H3/b21-16+,24-17+,30-26?;/t25-;/m1./s1. The number of likely N-dealkylation sites (N-methyl/N-ethyl adjacent to an activating group) is 1. The van der Waals surface area contributed by atoms with Gasteiger partial charge < -0.3 is 26.2 Å². The van der Waals surface area contributed by atoms with Crippen molar-refractivity contribution in [1.29, 1.82) is 0 Å². The number of amidine groups is 1. The van der Waals surface area contributed by atoms with Gasteiger partial charge in [0, 0.05) is 38.0 Å². The molecule has 196 valence electrons. The Morgan fingerprint density at radius 1 is 1.29 bits per heavy atom. The number of rotatable bonds is 13. The Labute approximate surface area is 212 Å². The average molecular weight is 487 g/mol. The zero-order chi connectivity index (χ0) is 26.6. The van der Waals surface area contributed by atoms with Crippen LogP contribution in [0.1, 0.15) is 53.4 Å². The van der Waals surface area contributed by atoms with Crippen LogP contribution in [0.3, 0.4) is 0 Å². The Hall–Kier alpha value is -2.90. The topological polar surface area (TPSA) is 111 Å². The first kappa shape index (κ1) is 32.1. The van der Waals surface area contributed by atoms with Gasteiger partial charge in [-0.3, -0.25) is 9.79 Å². The van der Waals surface area contributed by atoms with E-state index in [2.05, 4.69) is 48.9 Å². The second kappa shape index (κ2) is 19.4. The number of amides is 1. The molecule has 0 bridgehead atoms. The lowest BCUT2D eigenvalue weighted by atomic mass is 10.1. The Morgan fingerprint density at radius 2 is 2.00 bits per heavy atom. The molecule has 1 aliphatic rings. The lowest BCUT2D eigenvalue weighted by Gasteiger charge is -2.27. The summed E-state index contributed by atoms with van der Waals surface area (Å²) >= 11 is 0. The molecule has 0 aliphatic heterocycles. The maximum atomic E-state index is 12.1. The van der Waals surface area contributed by atoms with Gasteiger partial charge >= 0.3 is 0 Å². The van der Waals surface area contributed by atoms with E-state index >= 15 is 0 Å². The largest absolute Gasteiger partial charge is 0.400 e. The van der Waals surface area contributed by atoms with Gasteiger partial charge in [0.05, 0.1) is 6.54 Å². The maximum Gasteiger partial charge on any atom is 0.248 e. The van der Waals surface area contributed by atoms with Crippen LogP contribution in [0.25, 0.3) is 0 Å². The van der Waals surface area contributed by atoms with E-state index in [1.807, 2.05) is 38.2 Å². The number of nitrogens with two attached hydrogens (primary N) is 1. The molecule has 7 heteroatoms. The van der Waals surface area contributed by atoms with Crippen LogP contribution in [-0.2, 0) is 4.79 Å². The van der Waals surface area contributed by atoms with Crippen molar-refractivity contribution in [1.82, 2.24) is 10.2 Å². The summed E-state index contributed by atoms with van der Waals surface area (Å²) in [5.74, 6) is 0.410. The van der Waals surface area contributed by atoms with Crippen molar-refractivity contribution in [3.05, 3.63) is 71.5 Å². The van der Waals surface area contributed by atoms with Crippen molar-refractivity contribution in [2.75, 3.05) is 33.3 Å². The lowest BCUT2D eigenvalue weighted by molar-refractivity contribution is -0.129. The molecule has 1 aliphatic carbocycles. The van der Waals surface area contributed by atoms with Crippen molar-refractivity contribution in [3.63, 3.8) is 0 Å². The van der Waals surface area contributed by atoms with E-state index in [9.17, 15) is 9.90 Å². The molecule has 5 N–H and O–H groups in total. The fourth-order valence-electron chi connectivity index (χ4n) is 3.18. The molecule has 0 saturated heterocycles. The van der Waals surface area contributed by atoms with E-state index in [1.165, 1.54) is 5.57 Å². The Kier molecular flexibility index (Phi) is 17.8. The van der Waals surface area contributed by atoms with E-state index in [0.717, 1.165) is 43.4 Å². The lowest BCUT2D eigenvalue weighted by Crippen LogP contribution is -2.42. The van der Waals surface area contributed by atoms with Gasteiger partial charge in [-0.2, -0.15) is 0 Å². The summed E-state index contributed by atoms with van der Waals surface area (Å²) in [5.41, 5.74) is 9.78. The Bertz CT molecular complexity index is 835. The third-order valence-electron chi connectivity index (χ3n) is 5.39. The Morgan fingerprint density at radius 3 is 2.60 bits per heavy atom. The number of nitrogens with zero attached hydrogens (tertiary/aromatic N) is 2. The van der Waals surface area contributed by atoms with Gasteiger partial charge in [-0.1, -0.05) is 68.9 Å². The summed E-state index contributed by atoms with van der Waals surface area (Å²) in [6.45, 7) is 14.3. The van der Waals surface area contributed by atoms with E-state index in [4.69, 9.17) is 15.8 Å². The number of hydrogen-bond donors (Lipinski definition) is 4. The minimum atomic E-state index is -0.970. The molecule has 1 amide bonds. The minimum Gasteiger partial charge on any atom is -0.400 e. The minimum absolute atomic E-state index is 0.340. The van der Waals surface area contributed by atoms with Crippen LogP contribution in [-0.4, -0.2) is 66.2 Å². The average Bonchev–Trinajstić information content (AvgIpc) is 3.14. The van der Waals surface area contributed by atoms with Gasteiger partial charge in [0.15, 0.2) is 0 Å². The number of aliphatic hydroxyl groups excluding tert-OH is 2. The molecule has 1 rings (SSSR count). The molecule has 0 spiro atoms. The number of aliphatic hydroxyl groups is 2. The smallest absolute Gasteiger partial charge is 0.248 e. The van der Waals surface area contributed by atoms with Crippen molar-refractivity contribution >= 4 is 11.7 Å². The number of hydrogen-bond acceptors (Lipinski definition) is 5. The molecule has 0 aromatic heterocycles. The summed E-state index contributed by atoms with van der Waals surface area (Å²) in [6, 6.07) is 0. The fraction of sp³-hybridized carbons (Fsp3) is 0.500. The van der Waals surface area contributed by atoms with Crippen LogP contribution in [0.15, 0.2) is 76.5 Å². The molecule has 0 radical (unpaired) electrons. The summed E-state index contributed by atoms with van der Waals surface area (Å²) in [7, 11) is 1.00. The number of aliphatic imine (C=N–C) groups is 1. The monoisotopic (exact) mass is 486 g/mol. The van der Waals surface area contributed by atoms with Gasteiger partial charge in [-0.15, -0.1) is 0 Å². The first-order valence-corrected chi connectivity index (χ1v) is 12.4. The van der Waals surface area contributed by atoms with Gasteiger partial charge in [0.25, 0.3) is 0 Å². The maximum absolute atomic E-state index is 12.1. The number of nitrogens with one attached hydrogen (secondary N) is 1. The summed E-state index contributed by atoms with van der Waals surface area (Å²) in [6.07, 6.45) is 16.5. The summed E-state index contributed by atoms with van der Waals surface area (Å²) < 4.78 is 0. The summed E-state index contributed by atoms with van der Waals surface area (Å²) in [5, 5.41) is 19.7. The van der Waals surface area contributed by atoms with E-state index in [1.54, 1.807) is 0 Å². The predicted octanol–water partition coefficient (Wildman–Crippen LogP) is 3.79. The third-order valence-corrected chi connectivity index (χ3v) is 5.39. The quantitative estimate of drug-likeness (QED) is 0.180. The third kappa shape index (κ3) is 12.9. The molecular formula is C28H46N4O3. The summed E-state index contributed by atoms with van der Waals surface area (Å²) in [4.78, 5) is 19.1. The molecule has 0 heterocycles. The number of allylic oxidation sites excluding steroid dienone is 7. The molecule has 7 nitrogen and oxygen atoms in total. The van der Waals surface area contributed by atoms with Crippen LogP contribution in [0.4, 0.5) is 0 Å². The van der Waals surface area contributed by atoms with Crippen LogP contribution < -0.4 is 11.1 Å². The van der Waals surface area contributed by atoms with Crippen LogP contribution in [0.2, 0.25) is 0 Å². The second-order valence-electron chi connectivity index (χ2n) is 8.09. The van der Waals surface area contributed by atoms with Gasteiger partial charge in [-0.05, 0) is 44.8 Å². The highest BCUT2D eigenvalue weighted by molar-refractivity contribution is 6.02. The van der Waals surface area contributed by atoms with E-state index in [0.29, 0.717) is 38.3 Å². The van der Waals surface area contributed by atoms with Crippen molar-refractivity contribution < 1.29 is 15.0 Å². The highest BCUT2D eigenvalue weighted by Crippen LogP contribution is 2.14. The highest BCUT2D eigenvalue weighted by atomic mass is 16.3. The van der Waals surface area contributed by atoms with Crippen LogP contribution in [0, 0.1) is 0 Å². The number of carbonyl (C=O) groups excluding carboxylic acids is 1. The fourth-order valence-corrected chi connectivity index (χ4v) is 3.18. The molecule has 0 aromatic rings. The van der Waals surface area contributed by atoms with Crippen molar-refractivity contribution in [2.24, 2.45) is 10.7 Å². The first-order chi connectivity index (χ1) is 16.8.